The minimum Gasteiger partial charge on any atom is -0.493 e. The van der Waals surface area contributed by atoms with Crippen LogP contribution in [0.25, 0.3) is 6.08 Å². The van der Waals surface area contributed by atoms with Crippen LogP contribution in [0.3, 0.4) is 0 Å². The summed E-state index contributed by atoms with van der Waals surface area (Å²) < 4.78 is 16.0. The highest BCUT2D eigenvalue weighted by atomic mass is 32.1. The van der Waals surface area contributed by atoms with Crippen LogP contribution in [-0.4, -0.2) is 32.2 Å². The van der Waals surface area contributed by atoms with Gasteiger partial charge in [-0.05, 0) is 68.9 Å². The van der Waals surface area contributed by atoms with Crippen molar-refractivity contribution in [1.29, 1.82) is 0 Å². The van der Waals surface area contributed by atoms with Crippen molar-refractivity contribution in [3.8, 4) is 11.5 Å². The number of rotatable bonds is 7. The van der Waals surface area contributed by atoms with Crippen molar-refractivity contribution in [3.63, 3.8) is 0 Å². The zero-order valence-corrected chi connectivity index (χ0v) is 18.6. The monoisotopic (exact) mass is 429 g/mol. The van der Waals surface area contributed by atoms with Gasteiger partial charge in [-0.2, -0.15) is 0 Å². The molecule has 1 amide bonds. The first-order valence-electron chi connectivity index (χ1n) is 9.99. The third-order valence-corrected chi connectivity index (χ3v) is 5.98. The maximum Gasteiger partial charge on any atom is 0.341 e. The summed E-state index contributed by atoms with van der Waals surface area (Å²) in [5.74, 6) is 0.547. The molecule has 0 radical (unpaired) electrons. The molecule has 0 saturated heterocycles. The van der Waals surface area contributed by atoms with Crippen molar-refractivity contribution in [2.24, 2.45) is 0 Å². The minimum absolute atomic E-state index is 0.0340. The van der Waals surface area contributed by atoms with E-state index < -0.39 is 5.97 Å². The summed E-state index contributed by atoms with van der Waals surface area (Å²) in [5.41, 5.74) is 2.32. The highest BCUT2D eigenvalue weighted by Gasteiger charge is 2.26. The van der Waals surface area contributed by atoms with Crippen LogP contribution in [0, 0.1) is 0 Å². The van der Waals surface area contributed by atoms with Crippen LogP contribution in [0.2, 0.25) is 0 Å². The average Bonchev–Trinajstić information content (AvgIpc) is 3.09. The molecule has 1 aromatic heterocycles. The predicted octanol–water partition coefficient (Wildman–Crippen LogP) is 4.86. The van der Waals surface area contributed by atoms with Crippen molar-refractivity contribution in [2.75, 3.05) is 19.5 Å². The molecule has 160 valence electrons. The van der Waals surface area contributed by atoms with Crippen molar-refractivity contribution >= 4 is 34.3 Å². The number of hydrogen-bond donors (Lipinski definition) is 1. The molecule has 1 aromatic carbocycles. The lowest BCUT2D eigenvalue weighted by atomic mass is 9.95. The summed E-state index contributed by atoms with van der Waals surface area (Å²) in [7, 11) is 2.94. The number of fused-ring (bicyclic) bond motifs is 1. The Bertz CT molecular complexity index is 961. The Hall–Kier alpha value is -2.80. The Kier molecular flexibility index (Phi) is 7.15. The zero-order chi connectivity index (χ0) is 21.7. The minimum atomic E-state index is -0.404. The zero-order valence-electron chi connectivity index (χ0n) is 17.7. The Morgan fingerprint density at radius 3 is 2.60 bits per heavy atom. The third kappa shape index (κ3) is 5.02. The van der Waals surface area contributed by atoms with E-state index in [-0.39, 0.29) is 12.0 Å². The number of hydrogen-bond acceptors (Lipinski definition) is 6. The lowest BCUT2D eigenvalue weighted by Gasteiger charge is -2.13. The molecule has 0 spiro atoms. The number of anilines is 1. The van der Waals surface area contributed by atoms with Gasteiger partial charge in [0.2, 0.25) is 5.91 Å². The molecule has 7 heteroatoms. The van der Waals surface area contributed by atoms with Crippen LogP contribution >= 0.6 is 11.3 Å². The van der Waals surface area contributed by atoms with Gasteiger partial charge in [0.1, 0.15) is 5.00 Å². The lowest BCUT2D eigenvalue weighted by Crippen LogP contribution is -2.13. The molecule has 30 heavy (non-hydrogen) atoms. The number of ether oxygens (including phenoxy) is 3. The molecule has 1 heterocycles. The summed E-state index contributed by atoms with van der Waals surface area (Å²) in [6.45, 7) is 3.89. The quantitative estimate of drug-likeness (QED) is 0.503. The van der Waals surface area contributed by atoms with Crippen LogP contribution in [0.15, 0.2) is 24.3 Å². The summed E-state index contributed by atoms with van der Waals surface area (Å²) in [5, 5.41) is 3.41. The van der Waals surface area contributed by atoms with Crippen molar-refractivity contribution < 1.29 is 23.8 Å². The van der Waals surface area contributed by atoms with Crippen molar-refractivity contribution in [3.05, 3.63) is 45.8 Å². The normalized spacial score (nSPS) is 13.2. The number of carbonyl (C=O) groups is 2. The maximum absolute atomic E-state index is 12.5. The van der Waals surface area contributed by atoms with Gasteiger partial charge in [0, 0.05) is 11.0 Å². The van der Waals surface area contributed by atoms with Gasteiger partial charge >= 0.3 is 5.97 Å². The molecule has 1 aliphatic carbocycles. The van der Waals surface area contributed by atoms with Crippen LogP contribution < -0.4 is 14.8 Å². The summed E-state index contributed by atoms with van der Waals surface area (Å²) in [4.78, 5) is 26.0. The highest BCUT2D eigenvalue weighted by Crippen LogP contribution is 2.38. The van der Waals surface area contributed by atoms with E-state index in [1.165, 1.54) is 24.5 Å². The second kappa shape index (κ2) is 9.80. The van der Waals surface area contributed by atoms with E-state index in [0.717, 1.165) is 41.7 Å². The Balaban J connectivity index is 1.77. The average molecular weight is 430 g/mol. The lowest BCUT2D eigenvalue weighted by molar-refractivity contribution is -0.111. The summed E-state index contributed by atoms with van der Waals surface area (Å²) in [6, 6.07) is 5.48. The number of nitrogens with one attached hydrogen (secondary N) is 1. The van der Waals surface area contributed by atoms with Gasteiger partial charge in [0.05, 0.1) is 25.9 Å². The number of benzene rings is 1. The Morgan fingerprint density at radius 2 is 1.90 bits per heavy atom. The molecule has 6 nitrogen and oxygen atoms in total. The van der Waals surface area contributed by atoms with E-state index in [1.807, 2.05) is 32.0 Å². The molecule has 3 rings (SSSR count). The van der Waals surface area contributed by atoms with Crippen molar-refractivity contribution in [2.45, 2.75) is 45.6 Å². The molecule has 0 saturated carbocycles. The highest BCUT2D eigenvalue weighted by molar-refractivity contribution is 7.17. The van der Waals surface area contributed by atoms with Crippen LogP contribution in [-0.2, 0) is 22.4 Å². The van der Waals surface area contributed by atoms with Gasteiger partial charge in [-0.3, -0.25) is 4.79 Å². The number of esters is 1. The molecular weight excluding hydrogens is 402 g/mol. The molecule has 1 aliphatic rings. The molecule has 2 aromatic rings. The van der Waals surface area contributed by atoms with E-state index >= 15 is 0 Å². The molecular formula is C23H27NO5S. The fourth-order valence-corrected chi connectivity index (χ4v) is 4.72. The van der Waals surface area contributed by atoms with E-state index in [4.69, 9.17) is 14.2 Å². The fraction of sp³-hybridized carbons (Fsp3) is 0.391. The number of aryl methyl sites for hydroxylation is 1. The summed E-state index contributed by atoms with van der Waals surface area (Å²) in [6.07, 6.45) is 7.08. The SMILES string of the molecule is COC(=O)c1c(NC(=O)/C=C/c2ccc(OC(C)C)c(OC)c2)sc2c1CCCC2. The first-order valence-corrected chi connectivity index (χ1v) is 10.8. The van der Waals surface area contributed by atoms with E-state index in [9.17, 15) is 9.59 Å². The van der Waals surface area contributed by atoms with Gasteiger partial charge in [-0.1, -0.05) is 6.07 Å². The molecule has 0 bridgehead atoms. The molecule has 0 aliphatic heterocycles. The van der Waals surface area contributed by atoms with Gasteiger partial charge in [-0.15, -0.1) is 11.3 Å². The largest absolute Gasteiger partial charge is 0.493 e. The van der Waals surface area contributed by atoms with E-state index in [2.05, 4.69) is 5.32 Å². The smallest absolute Gasteiger partial charge is 0.341 e. The Labute approximate surface area is 180 Å². The Morgan fingerprint density at radius 1 is 1.13 bits per heavy atom. The van der Waals surface area contributed by atoms with Gasteiger partial charge in [-0.25, -0.2) is 4.79 Å². The maximum atomic E-state index is 12.5. The number of thiophene rings is 1. The topological polar surface area (TPSA) is 73.9 Å². The van der Waals surface area contributed by atoms with Gasteiger partial charge in [0.15, 0.2) is 11.5 Å². The number of carbonyl (C=O) groups excluding carboxylic acids is 2. The molecule has 1 N–H and O–H groups in total. The van der Waals surface area contributed by atoms with Crippen LogP contribution in [0.4, 0.5) is 5.00 Å². The standard InChI is InChI=1S/C23H27NO5S/c1-14(2)29-17-11-9-15(13-18(17)27-3)10-12-20(25)24-22-21(23(26)28-4)16-7-5-6-8-19(16)30-22/h9-14H,5-8H2,1-4H3,(H,24,25)/b12-10+. The third-order valence-electron chi connectivity index (χ3n) is 4.78. The van der Waals surface area contributed by atoms with E-state index in [1.54, 1.807) is 13.2 Å². The summed E-state index contributed by atoms with van der Waals surface area (Å²) >= 11 is 1.47. The van der Waals surface area contributed by atoms with Gasteiger partial charge in [0.25, 0.3) is 0 Å². The fourth-order valence-electron chi connectivity index (χ4n) is 3.44. The second-order valence-electron chi connectivity index (χ2n) is 7.31. The second-order valence-corrected chi connectivity index (χ2v) is 8.41. The molecule has 0 unspecified atom stereocenters. The van der Waals surface area contributed by atoms with Gasteiger partial charge < -0.3 is 19.5 Å². The first-order chi connectivity index (χ1) is 14.4. The van der Waals surface area contributed by atoms with Crippen LogP contribution in [0.1, 0.15) is 53.1 Å². The van der Waals surface area contributed by atoms with Crippen molar-refractivity contribution in [1.82, 2.24) is 0 Å². The number of methoxy groups -OCH3 is 2. The predicted molar refractivity (Wildman–Crippen MR) is 119 cm³/mol. The van der Waals surface area contributed by atoms with Crippen LogP contribution in [0.5, 0.6) is 11.5 Å². The molecule has 0 atom stereocenters. The number of amides is 1. The van der Waals surface area contributed by atoms with E-state index in [0.29, 0.717) is 22.1 Å². The molecule has 0 fully saturated rings. The first kappa shape index (κ1) is 21.9.